The van der Waals surface area contributed by atoms with E-state index in [0.29, 0.717) is 11.3 Å². The van der Waals surface area contributed by atoms with E-state index in [1.54, 1.807) is 0 Å². The second-order valence-corrected chi connectivity index (χ2v) is 4.03. The number of fused-ring (bicyclic) bond motifs is 1. The van der Waals surface area contributed by atoms with Crippen LogP contribution < -0.4 is 5.73 Å². The summed E-state index contributed by atoms with van der Waals surface area (Å²) in [5.41, 5.74) is 7.05. The van der Waals surface area contributed by atoms with Crippen molar-refractivity contribution < 1.29 is 0 Å². The lowest BCUT2D eigenvalue weighted by Gasteiger charge is -1.99. The fourth-order valence-electron chi connectivity index (χ4n) is 1.23. The summed E-state index contributed by atoms with van der Waals surface area (Å²) in [6.07, 6.45) is 0. The number of hydrogen-bond donors (Lipinski definition) is 2. The monoisotopic (exact) mass is 206 g/mol. The Morgan fingerprint density at radius 1 is 1.46 bits per heavy atom. The van der Waals surface area contributed by atoms with Crippen molar-refractivity contribution in [3.63, 3.8) is 0 Å². The Morgan fingerprint density at radius 3 is 2.92 bits per heavy atom. The molecule has 0 saturated carbocycles. The first-order valence-electron chi connectivity index (χ1n) is 3.63. The third-order valence-corrected chi connectivity index (χ3v) is 3.22. The van der Waals surface area contributed by atoms with Crippen LogP contribution in [0.1, 0.15) is 5.56 Å². The molecule has 1 aromatic carbocycles. The van der Waals surface area contributed by atoms with Crippen molar-refractivity contribution in [2.45, 2.75) is 4.90 Å². The van der Waals surface area contributed by atoms with Gasteiger partial charge in [-0.1, -0.05) is 0 Å². The smallest absolute Gasteiger partial charge is 0.101 e. The predicted molar refractivity (Wildman–Crippen MR) is 58.2 cm³/mol. The van der Waals surface area contributed by atoms with E-state index >= 15 is 0 Å². The molecule has 0 unspecified atom stereocenters. The van der Waals surface area contributed by atoms with Crippen molar-refractivity contribution in [3.8, 4) is 6.07 Å². The Kier molecular flexibility index (Phi) is 1.91. The molecule has 0 radical (unpaired) electrons. The first-order chi connectivity index (χ1) is 6.24. The van der Waals surface area contributed by atoms with Crippen molar-refractivity contribution in [1.29, 1.82) is 5.26 Å². The van der Waals surface area contributed by atoms with Crippen molar-refractivity contribution in [2.24, 2.45) is 0 Å². The molecule has 0 fully saturated rings. The second-order valence-electron chi connectivity index (χ2n) is 2.63. The van der Waals surface area contributed by atoms with Gasteiger partial charge in [-0.3, -0.25) is 0 Å². The molecule has 4 heteroatoms. The van der Waals surface area contributed by atoms with E-state index in [9.17, 15) is 0 Å². The maximum atomic E-state index is 8.82. The molecule has 0 aliphatic carbocycles. The van der Waals surface area contributed by atoms with E-state index in [2.05, 4.69) is 18.7 Å². The molecule has 0 aliphatic rings. The molecule has 2 N–H and O–H groups in total. The van der Waals surface area contributed by atoms with Gasteiger partial charge in [-0.25, -0.2) is 0 Å². The number of thiophene rings is 1. The van der Waals surface area contributed by atoms with Crippen molar-refractivity contribution in [3.05, 3.63) is 23.1 Å². The zero-order valence-corrected chi connectivity index (χ0v) is 8.32. The van der Waals surface area contributed by atoms with E-state index < -0.39 is 0 Å². The zero-order valence-electron chi connectivity index (χ0n) is 6.61. The first kappa shape index (κ1) is 8.42. The summed E-state index contributed by atoms with van der Waals surface area (Å²) in [5, 5.41) is 11.5. The molecule has 64 valence electrons. The Hall–Kier alpha value is -1.18. The van der Waals surface area contributed by atoms with Crippen molar-refractivity contribution in [2.75, 3.05) is 5.73 Å². The van der Waals surface area contributed by atoms with Gasteiger partial charge in [0.05, 0.1) is 11.3 Å². The molecule has 0 aliphatic heterocycles. The van der Waals surface area contributed by atoms with Gasteiger partial charge in [-0.2, -0.15) is 5.26 Å². The number of nitrogens with two attached hydrogens (primary N) is 1. The van der Waals surface area contributed by atoms with Crippen molar-refractivity contribution in [1.82, 2.24) is 0 Å². The van der Waals surface area contributed by atoms with Crippen LogP contribution in [-0.4, -0.2) is 0 Å². The van der Waals surface area contributed by atoms with Gasteiger partial charge in [0.1, 0.15) is 6.07 Å². The highest BCUT2D eigenvalue weighted by atomic mass is 32.1. The number of nitrogen functional groups attached to an aromatic ring is 1. The largest absolute Gasteiger partial charge is 0.397 e. The minimum absolute atomic E-state index is 0.596. The summed E-state index contributed by atoms with van der Waals surface area (Å²) in [7, 11) is 0. The summed E-state index contributed by atoms with van der Waals surface area (Å²) in [5.74, 6) is 0. The van der Waals surface area contributed by atoms with Gasteiger partial charge in [-0.05, 0) is 12.1 Å². The average Bonchev–Trinajstić information content (AvgIpc) is 2.55. The molecule has 2 nitrogen and oxygen atoms in total. The molecule has 0 amide bonds. The molecule has 0 spiro atoms. The normalized spacial score (nSPS) is 10.2. The summed E-state index contributed by atoms with van der Waals surface area (Å²) < 4.78 is 1.03. The van der Waals surface area contributed by atoms with Gasteiger partial charge in [0.2, 0.25) is 0 Å². The number of hydrogen-bond acceptors (Lipinski definition) is 4. The molecule has 0 saturated heterocycles. The maximum Gasteiger partial charge on any atom is 0.101 e. The third-order valence-electron chi connectivity index (χ3n) is 1.88. The van der Waals surface area contributed by atoms with E-state index in [1.807, 2.05) is 17.5 Å². The standard InChI is InChI=1S/C9H6N2S2/c10-3-5-4-13-7-2-1-6(12)9(11)8(5)7/h1-2,4,12H,11H2. The summed E-state index contributed by atoms with van der Waals surface area (Å²) >= 11 is 5.73. The fourth-order valence-corrected chi connectivity index (χ4v) is 2.31. The van der Waals surface area contributed by atoms with Crippen LogP contribution in [0, 0.1) is 11.3 Å². The van der Waals surface area contributed by atoms with Crippen LogP contribution >= 0.6 is 24.0 Å². The van der Waals surface area contributed by atoms with Gasteiger partial charge < -0.3 is 5.73 Å². The fraction of sp³-hybridized carbons (Fsp3) is 0. The predicted octanol–water partition coefficient (Wildman–Crippen LogP) is 2.64. The van der Waals surface area contributed by atoms with Crippen LogP contribution in [0.15, 0.2) is 22.4 Å². The molecule has 2 aromatic rings. The Bertz CT molecular complexity index is 508. The summed E-state index contributed by atoms with van der Waals surface area (Å²) in [6, 6.07) is 5.89. The van der Waals surface area contributed by atoms with Gasteiger partial charge in [-0.15, -0.1) is 24.0 Å². The Balaban J connectivity index is 2.95. The SMILES string of the molecule is N#Cc1csc2ccc(S)c(N)c12. The summed E-state index contributed by atoms with van der Waals surface area (Å²) in [4.78, 5) is 0.724. The van der Waals surface area contributed by atoms with Crippen LogP contribution in [0.25, 0.3) is 10.1 Å². The molecule has 2 rings (SSSR count). The lowest BCUT2D eigenvalue weighted by atomic mass is 10.1. The Morgan fingerprint density at radius 2 is 2.23 bits per heavy atom. The van der Waals surface area contributed by atoms with E-state index in [-0.39, 0.29) is 0 Å². The molecule has 1 heterocycles. The van der Waals surface area contributed by atoms with E-state index in [0.717, 1.165) is 15.0 Å². The Labute approximate surface area is 85.0 Å². The number of thiol groups is 1. The lowest BCUT2D eigenvalue weighted by molar-refractivity contribution is 1.50. The zero-order chi connectivity index (χ0) is 9.42. The van der Waals surface area contributed by atoms with Crippen LogP contribution in [0.5, 0.6) is 0 Å². The lowest BCUT2D eigenvalue weighted by Crippen LogP contribution is -1.88. The molecule has 13 heavy (non-hydrogen) atoms. The van der Waals surface area contributed by atoms with Crippen LogP contribution in [0.4, 0.5) is 5.69 Å². The minimum Gasteiger partial charge on any atom is -0.397 e. The van der Waals surface area contributed by atoms with Crippen LogP contribution in [0.3, 0.4) is 0 Å². The number of rotatable bonds is 0. The van der Waals surface area contributed by atoms with E-state index in [4.69, 9.17) is 11.0 Å². The second kappa shape index (κ2) is 2.95. The minimum atomic E-state index is 0.596. The maximum absolute atomic E-state index is 8.82. The average molecular weight is 206 g/mol. The van der Waals surface area contributed by atoms with Crippen LogP contribution in [0.2, 0.25) is 0 Å². The van der Waals surface area contributed by atoms with Gasteiger partial charge >= 0.3 is 0 Å². The first-order valence-corrected chi connectivity index (χ1v) is 4.95. The number of nitriles is 1. The quantitative estimate of drug-likeness (QED) is 0.514. The van der Waals surface area contributed by atoms with Crippen LogP contribution in [-0.2, 0) is 0 Å². The molecule has 0 bridgehead atoms. The number of nitrogens with zero attached hydrogens (tertiary/aromatic N) is 1. The van der Waals surface area contributed by atoms with Gasteiger partial charge in [0, 0.05) is 20.4 Å². The molecule has 1 aromatic heterocycles. The number of anilines is 1. The van der Waals surface area contributed by atoms with Gasteiger partial charge in [0.15, 0.2) is 0 Å². The molecule has 0 atom stereocenters. The highest BCUT2D eigenvalue weighted by Crippen LogP contribution is 2.33. The van der Waals surface area contributed by atoms with Gasteiger partial charge in [0.25, 0.3) is 0 Å². The molecular formula is C9H6N2S2. The van der Waals surface area contributed by atoms with E-state index in [1.165, 1.54) is 11.3 Å². The summed E-state index contributed by atoms with van der Waals surface area (Å²) in [6.45, 7) is 0. The molecular weight excluding hydrogens is 200 g/mol. The third kappa shape index (κ3) is 1.17. The number of benzene rings is 1. The highest BCUT2D eigenvalue weighted by Gasteiger charge is 2.08. The van der Waals surface area contributed by atoms with Crippen molar-refractivity contribution >= 4 is 39.7 Å². The highest BCUT2D eigenvalue weighted by molar-refractivity contribution is 7.80. The topological polar surface area (TPSA) is 49.8 Å².